The topological polar surface area (TPSA) is 101 Å². The zero-order valence-corrected chi connectivity index (χ0v) is 16.8. The van der Waals surface area contributed by atoms with Crippen molar-refractivity contribution < 1.29 is 24.2 Å². The minimum absolute atomic E-state index is 0.334. The molecule has 3 N–H and O–H groups in total. The first-order valence-corrected chi connectivity index (χ1v) is 9.61. The number of hydrogen-bond acceptors (Lipinski definition) is 5. The molecule has 0 spiro atoms. The molecule has 1 aliphatic heterocycles. The van der Waals surface area contributed by atoms with Gasteiger partial charge in [0.05, 0.1) is 19.9 Å². The molecule has 4 rings (SSSR count). The number of pyridine rings is 1. The van der Waals surface area contributed by atoms with Crippen molar-refractivity contribution >= 4 is 17.3 Å². The van der Waals surface area contributed by atoms with Gasteiger partial charge in [-0.3, -0.25) is 9.59 Å². The number of amides is 2. The molecule has 30 heavy (non-hydrogen) atoms. The van der Waals surface area contributed by atoms with Gasteiger partial charge in [-0.2, -0.15) is 0 Å². The third-order valence-electron chi connectivity index (χ3n) is 5.32. The van der Waals surface area contributed by atoms with Gasteiger partial charge in [-0.15, -0.1) is 0 Å². The SMILES string of the molecule is COc1cccc(Oc2ccc3cc(C)c(C(=O)NC4(CO)CCNC4=O)n3c2)c1. The fraction of sp³-hybridized carbons (Fsp3) is 0.273. The summed E-state index contributed by atoms with van der Waals surface area (Å²) < 4.78 is 12.9. The number of ether oxygens (including phenoxy) is 2. The van der Waals surface area contributed by atoms with Gasteiger partial charge in [0.2, 0.25) is 5.91 Å². The second-order valence-corrected chi connectivity index (χ2v) is 7.32. The average molecular weight is 409 g/mol. The van der Waals surface area contributed by atoms with Gasteiger partial charge in [-0.05, 0) is 49.2 Å². The maximum Gasteiger partial charge on any atom is 0.269 e. The molecule has 8 nitrogen and oxygen atoms in total. The van der Waals surface area contributed by atoms with Crippen LogP contribution in [-0.2, 0) is 4.79 Å². The van der Waals surface area contributed by atoms with Gasteiger partial charge < -0.3 is 29.6 Å². The van der Waals surface area contributed by atoms with E-state index < -0.39 is 18.1 Å². The van der Waals surface area contributed by atoms with Gasteiger partial charge in [0, 0.05) is 18.1 Å². The molecule has 8 heteroatoms. The fourth-order valence-corrected chi connectivity index (χ4v) is 3.69. The largest absolute Gasteiger partial charge is 0.497 e. The van der Waals surface area contributed by atoms with Crippen LogP contribution in [0.2, 0.25) is 0 Å². The highest BCUT2D eigenvalue weighted by Gasteiger charge is 2.43. The summed E-state index contributed by atoms with van der Waals surface area (Å²) >= 11 is 0. The molecule has 0 bridgehead atoms. The van der Waals surface area contributed by atoms with Crippen LogP contribution in [0.3, 0.4) is 0 Å². The maximum atomic E-state index is 13.1. The fourth-order valence-electron chi connectivity index (χ4n) is 3.69. The second kappa shape index (κ2) is 7.72. The monoisotopic (exact) mass is 409 g/mol. The minimum atomic E-state index is -1.30. The number of methoxy groups -OCH3 is 1. The molecule has 0 radical (unpaired) electrons. The Morgan fingerprint density at radius 3 is 2.73 bits per heavy atom. The summed E-state index contributed by atoms with van der Waals surface area (Å²) in [6, 6.07) is 12.8. The highest BCUT2D eigenvalue weighted by molar-refractivity contribution is 6.01. The third-order valence-corrected chi connectivity index (χ3v) is 5.32. The summed E-state index contributed by atoms with van der Waals surface area (Å²) in [7, 11) is 1.59. The van der Waals surface area contributed by atoms with Crippen LogP contribution in [0.5, 0.6) is 17.2 Å². The Bertz CT molecular complexity index is 1120. The van der Waals surface area contributed by atoms with Crippen molar-refractivity contribution in [3.8, 4) is 17.2 Å². The van der Waals surface area contributed by atoms with Crippen LogP contribution < -0.4 is 20.1 Å². The molecule has 1 aromatic carbocycles. The van der Waals surface area contributed by atoms with E-state index >= 15 is 0 Å². The van der Waals surface area contributed by atoms with Gasteiger partial charge in [-0.1, -0.05) is 6.07 Å². The Hall–Kier alpha value is -3.52. The van der Waals surface area contributed by atoms with Crippen LogP contribution in [0.1, 0.15) is 22.5 Å². The summed E-state index contributed by atoms with van der Waals surface area (Å²) in [4.78, 5) is 25.2. The van der Waals surface area contributed by atoms with E-state index in [1.54, 1.807) is 23.8 Å². The van der Waals surface area contributed by atoms with Crippen molar-refractivity contribution in [3.63, 3.8) is 0 Å². The number of aryl methyl sites for hydroxylation is 1. The van der Waals surface area contributed by atoms with Crippen molar-refractivity contribution in [2.24, 2.45) is 0 Å². The molecule has 1 atom stereocenters. The lowest BCUT2D eigenvalue weighted by Crippen LogP contribution is -2.56. The number of rotatable bonds is 6. The molecule has 2 amide bonds. The molecule has 3 heterocycles. The van der Waals surface area contributed by atoms with Gasteiger partial charge in [-0.25, -0.2) is 0 Å². The Morgan fingerprint density at radius 1 is 1.23 bits per heavy atom. The lowest BCUT2D eigenvalue weighted by molar-refractivity contribution is -0.125. The molecule has 1 saturated heterocycles. The maximum absolute atomic E-state index is 13.1. The van der Waals surface area contributed by atoms with E-state index in [0.29, 0.717) is 35.9 Å². The molecule has 0 saturated carbocycles. The van der Waals surface area contributed by atoms with Crippen LogP contribution in [0.4, 0.5) is 0 Å². The summed E-state index contributed by atoms with van der Waals surface area (Å²) in [5.41, 5.74) is 0.637. The normalized spacial score (nSPS) is 18.3. The van der Waals surface area contributed by atoms with Crippen molar-refractivity contribution in [1.29, 1.82) is 0 Å². The Morgan fingerprint density at radius 2 is 2.03 bits per heavy atom. The molecular weight excluding hydrogens is 386 g/mol. The number of nitrogens with one attached hydrogen (secondary N) is 2. The number of hydrogen-bond donors (Lipinski definition) is 3. The predicted molar refractivity (Wildman–Crippen MR) is 110 cm³/mol. The summed E-state index contributed by atoms with van der Waals surface area (Å²) in [5, 5.41) is 15.1. The number of fused-ring (bicyclic) bond motifs is 1. The third kappa shape index (κ3) is 3.46. The van der Waals surface area contributed by atoms with E-state index in [2.05, 4.69) is 10.6 Å². The van der Waals surface area contributed by atoms with E-state index in [4.69, 9.17) is 9.47 Å². The lowest BCUT2D eigenvalue weighted by Gasteiger charge is -2.25. The molecule has 1 unspecified atom stereocenters. The van der Waals surface area contributed by atoms with Crippen molar-refractivity contribution in [3.05, 3.63) is 59.9 Å². The minimum Gasteiger partial charge on any atom is -0.497 e. The van der Waals surface area contributed by atoms with E-state index in [9.17, 15) is 14.7 Å². The Labute approximate surface area is 173 Å². The van der Waals surface area contributed by atoms with Crippen molar-refractivity contribution in [1.82, 2.24) is 15.0 Å². The summed E-state index contributed by atoms with van der Waals surface area (Å²) in [6.45, 7) is 1.77. The number of carbonyl (C=O) groups excluding carboxylic acids is 2. The van der Waals surface area contributed by atoms with E-state index in [-0.39, 0.29) is 5.91 Å². The molecule has 156 valence electrons. The quantitative estimate of drug-likeness (QED) is 0.578. The molecule has 3 aromatic rings. The van der Waals surface area contributed by atoms with Crippen LogP contribution in [0.25, 0.3) is 5.52 Å². The van der Waals surface area contributed by atoms with E-state index in [1.807, 2.05) is 43.3 Å². The van der Waals surface area contributed by atoms with Gasteiger partial charge in [0.1, 0.15) is 28.5 Å². The first-order valence-electron chi connectivity index (χ1n) is 9.61. The van der Waals surface area contributed by atoms with Crippen molar-refractivity contribution in [2.75, 3.05) is 20.3 Å². The lowest BCUT2D eigenvalue weighted by atomic mass is 9.98. The van der Waals surface area contributed by atoms with Crippen LogP contribution >= 0.6 is 0 Å². The van der Waals surface area contributed by atoms with Crippen molar-refractivity contribution in [2.45, 2.75) is 18.9 Å². The zero-order valence-electron chi connectivity index (χ0n) is 16.8. The first kappa shape index (κ1) is 19.8. The highest BCUT2D eigenvalue weighted by Crippen LogP contribution is 2.27. The molecular formula is C22H23N3O5. The van der Waals surface area contributed by atoms with E-state index in [0.717, 1.165) is 11.1 Å². The standard InChI is InChI=1S/C22H23N3O5/c1-14-10-15-6-7-18(30-17-5-3-4-16(11-17)29-2)12-25(15)19(14)20(27)24-22(13-26)8-9-23-21(22)28/h3-7,10-12,26H,8-9,13H2,1-2H3,(H,23,28)(H,24,27). The van der Waals surface area contributed by atoms with Crippen LogP contribution in [0, 0.1) is 6.92 Å². The summed E-state index contributed by atoms with van der Waals surface area (Å²) in [6.07, 6.45) is 2.05. The second-order valence-electron chi connectivity index (χ2n) is 7.32. The van der Waals surface area contributed by atoms with Crippen LogP contribution in [0.15, 0.2) is 48.7 Å². The molecule has 1 aliphatic rings. The average Bonchev–Trinajstić information content (AvgIpc) is 3.27. The predicted octanol–water partition coefficient (Wildman–Crippen LogP) is 2.03. The number of aromatic nitrogens is 1. The number of nitrogens with zero attached hydrogens (tertiary/aromatic N) is 1. The van der Waals surface area contributed by atoms with Gasteiger partial charge >= 0.3 is 0 Å². The van der Waals surface area contributed by atoms with Crippen LogP contribution in [-0.4, -0.2) is 47.1 Å². The Balaban J connectivity index is 1.66. The highest BCUT2D eigenvalue weighted by atomic mass is 16.5. The van der Waals surface area contributed by atoms with E-state index in [1.165, 1.54) is 0 Å². The van der Waals surface area contributed by atoms with Gasteiger partial charge in [0.25, 0.3) is 5.91 Å². The first-order chi connectivity index (χ1) is 14.5. The Kier molecular flexibility index (Phi) is 5.09. The molecule has 2 aromatic heterocycles. The smallest absolute Gasteiger partial charge is 0.269 e. The number of aliphatic hydroxyl groups is 1. The zero-order chi connectivity index (χ0) is 21.3. The number of carbonyl (C=O) groups is 2. The van der Waals surface area contributed by atoms with Gasteiger partial charge in [0.15, 0.2) is 0 Å². The molecule has 1 fully saturated rings. The summed E-state index contributed by atoms with van der Waals surface area (Å²) in [5.74, 6) is 1.01. The number of benzene rings is 1. The molecule has 0 aliphatic carbocycles. The number of aliphatic hydroxyl groups excluding tert-OH is 1.